The number of nitrogens with one attached hydrogen (secondary N) is 1. The van der Waals surface area contributed by atoms with Gasteiger partial charge in [-0.3, -0.25) is 9.69 Å². The molecule has 1 aliphatic carbocycles. The number of carbonyl (C=O) groups excluding carboxylic acids is 1. The predicted octanol–water partition coefficient (Wildman–Crippen LogP) is 6.90. The molecule has 1 saturated heterocycles. The monoisotopic (exact) mass is 480 g/mol. The number of nitrogens with zero attached hydrogens (tertiary/aromatic N) is 1. The van der Waals surface area contributed by atoms with E-state index in [1.165, 1.54) is 72.8 Å². The molecule has 3 heteroatoms. The van der Waals surface area contributed by atoms with Gasteiger partial charge in [-0.1, -0.05) is 67.6 Å². The molecule has 3 aromatic rings. The fourth-order valence-electron chi connectivity index (χ4n) is 5.95. The molecule has 1 atom stereocenters. The number of carbonyl (C=O) groups is 1. The van der Waals surface area contributed by atoms with Crippen LogP contribution in [0.1, 0.15) is 83.2 Å². The number of benzene rings is 3. The van der Waals surface area contributed by atoms with Crippen LogP contribution in [0.15, 0.2) is 72.8 Å². The number of likely N-dealkylation sites (tertiary alicyclic amines) is 1. The Balaban J connectivity index is 1.12. The normalized spacial score (nSPS) is 17.4. The molecule has 0 radical (unpaired) electrons. The molecule has 0 spiro atoms. The van der Waals surface area contributed by atoms with E-state index >= 15 is 0 Å². The first-order chi connectivity index (χ1) is 17.7. The smallest absolute Gasteiger partial charge is 0.251 e. The van der Waals surface area contributed by atoms with Crippen LogP contribution in [0.5, 0.6) is 0 Å². The molecule has 2 aliphatic rings. The van der Waals surface area contributed by atoms with E-state index < -0.39 is 0 Å². The highest BCUT2D eigenvalue weighted by molar-refractivity contribution is 5.94. The maximum absolute atomic E-state index is 13.0. The summed E-state index contributed by atoms with van der Waals surface area (Å²) < 4.78 is 0. The lowest BCUT2D eigenvalue weighted by atomic mass is 9.88. The zero-order valence-corrected chi connectivity index (χ0v) is 21.7. The summed E-state index contributed by atoms with van der Waals surface area (Å²) in [5.41, 5.74) is 7.69. The Morgan fingerprint density at radius 2 is 1.61 bits per heavy atom. The van der Waals surface area contributed by atoms with Crippen LogP contribution < -0.4 is 5.32 Å². The van der Waals surface area contributed by atoms with E-state index in [4.69, 9.17) is 0 Å². The van der Waals surface area contributed by atoms with E-state index in [0.717, 1.165) is 37.5 Å². The van der Waals surface area contributed by atoms with Crippen molar-refractivity contribution < 1.29 is 4.79 Å². The van der Waals surface area contributed by atoms with Crippen molar-refractivity contribution in [2.45, 2.75) is 70.9 Å². The zero-order valence-electron chi connectivity index (χ0n) is 21.7. The minimum Gasteiger partial charge on any atom is -0.345 e. The van der Waals surface area contributed by atoms with Crippen LogP contribution in [0.3, 0.4) is 0 Å². The number of hydrogen-bond donors (Lipinski definition) is 1. The average Bonchev–Trinajstić information content (AvgIpc) is 2.93. The third kappa shape index (κ3) is 6.25. The highest BCUT2D eigenvalue weighted by Gasteiger charge is 2.20. The fraction of sp³-hybridized carbons (Fsp3) is 0.424. The summed E-state index contributed by atoms with van der Waals surface area (Å²) in [6.07, 6.45) is 9.54. The van der Waals surface area contributed by atoms with Gasteiger partial charge in [0.25, 0.3) is 5.91 Å². The van der Waals surface area contributed by atoms with Crippen LogP contribution in [-0.2, 0) is 25.8 Å². The lowest BCUT2D eigenvalue weighted by Crippen LogP contribution is -2.33. The van der Waals surface area contributed by atoms with Crippen molar-refractivity contribution in [3.05, 3.63) is 106 Å². The van der Waals surface area contributed by atoms with E-state index in [9.17, 15) is 4.79 Å². The van der Waals surface area contributed by atoms with Gasteiger partial charge >= 0.3 is 0 Å². The van der Waals surface area contributed by atoms with Crippen molar-refractivity contribution in [3.8, 4) is 0 Å². The van der Waals surface area contributed by atoms with Crippen molar-refractivity contribution in [2.24, 2.45) is 5.92 Å². The average molecular weight is 481 g/mol. The van der Waals surface area contributed by atoms with E-state index in [1.807, 2.05) is 12.1 Å². The third-order valence-electron chi connectivity index (χ3n) is 8.19. The van der Waals surface area contributed by atoms with Gasteiger partial charge in [-0.2, -0.15) is 0 Å². The molecule has 1 aliphatic heterocycles. The number of aryl methyl sites for hydroxylation is 2. The molecular formula is C33H40N2O. The van der Waals surface area contributed by atoms with Gasteiger partial charge in [-0.05, 0) is 110 Å². The lowest BCUT2D eigenvalue weighted by molar-refractivity contribution is 0.0935. The van der Waals surface area contributed by atoms with Crippen molar-refractivity contribution in [1.82, 2.24) is 10.2 Å². The van der Waals surface area contributed by atoms with Crippen LogP contribution in [0.25, 0.3) is 0 Å². The second kappa shape index (κ2) is 11.9. The van der Waals surface area contributed by atoms with Gasteiger partial charge in [-0.25, -0.2) is 0 Å². The first-order valence-electron chi connectivity index (χ1n) is 14.0. The van der Waals surface area contributed by atoms with Crippen LogP contribution in [0, 0.1) is 5.92 Å². The van der Waals surface area contributed by atoms with Gasteiger partial charge < -0.3 is 5.32 Å². The molecule has 0 saturated carbocycles. The Morgan fingerprint density at radius 1 is 0.889 bits per heavy atom. The Labute approximate surface area is 216 Å². The maximum Gasteiger partial charge on any atom is 0.251 e. The van der Waals surface area contributed by atoms with E-state index in [2.05, 4.69) is 77.8 Å². The van der Waals surface area contributed by atoms with Crippen LogP contribution in [0.4, 0.5) is 0 Å². The quantitative estimate of drug-likeness (QED) is 0.380. The summed E-state index contributed by atoms with van der Waals surface area (Å²) >= 11 is 0. The maximum atomic E-state index is 13.0. The van der Waals surface area contributed by atoms with Crippen molar-refractivity contribution in [1.29, 1.82) is 0 Å². The molecule has 0 aromatic heterocycles. The summed E-state index contributed by atoms with van der Waals surface area (Å²) in [5, 5.41) is 3.28. The summed E-state index contributed by atoms with van der Waals surface area (Å²) in [6.45, 7) is 5.42. The number of amides is 1. The highest BCUT2D eigenvalue weighted by atomic mass is 16.1. The Morgan fingerprint density at radius 3 is 2.33 bits per heavy atom. The largest absolute Gasteiger partial charge is 0.345 e. The van der Waals surface area contributed by atoms with Crippen LogP contribution >= 0.6 is 0 Å². The molecule has 1 heterocycles. The summed E-state index contributed by atoms with van der Waals surface area (Å²) in [4.78, 5) is 15.6. The zero-order chi connectivity index (χ0) is 24.7. The second-order valence-corrected chi connectivity index (χ2v) is 10.8. The molecule has 1 fully saturated rings. The number of hydrogen-bond acceptors (Lipinski definition) is 2. The number of rotatable bonds is 8. The van der Waals surface area contributed by atoms with Gasteiger partial charge in [-0.15, -0.1) is 0 Å². The number of piperidine rings is 1. The third-order valence-corrected chi connectivity index (χ3v) is 8.19. The van der Waals surface area contributed by atoms with Gasteiger partial charge in [0.1, 0.15) is 0 Å². The molecule has 0 unspecified atom stereocenters. The minimum atomic E-state index is 0.0212. The first-order valence-corrected chi connectivity index (χ1v) is 14.0. The van der Waals surface area contributed by atoms with Gasteiger partial charge in [0.05, 0.1) is 6.04 Å². The second-order valence-electron chi connectivity index (χ2n) is 10.8. The van der Waals surface area contributed by atoms with E-state index in [1.54, 1.807) is 0 Å². The van der Waals surface area contributed by atoms with Gasteiger partial charge in [0, 0.05) is 12.1 Å². The van der Waals surface area contributed by atoms with Crippen molar-refractivity contribution in [2.75, 3.05) is 13.1 Å². The van der Waals surface area contributed by atoms with Crippen LogP contribution in [0.2, 0.25) is 0 Å². The van der Waals surface area contributed by atoms with Crippen LogP contribution in [-0.4, -0.2) is 23.9 Å². The topological polar surface area (TPSA) is 32.3 Å². The van der Waals surface area contributed by atoms with Crippen molar-refractivity contribution >= 4 is 5.91 Å². The summed E-state index contributed by atoms with van der Waals surface area (Å²) in [6, 6.07) is 26.0. The van der Waals surface area contributed by atoms with E-state index in [-0.39, 0.29) is 11.9 Å². The standard InChI is InChI=1S/C33H40N2O/c1-2-32(31-17-16-28-10-6-7-11-30(28)23-31)34-33(36)29-14-12-27(13-15-29)24-35-20-18-26(19-21-35)22-25-8-4-3-5-9-25/h3-5,8-9,12-17,23,26,32H,2,6-7,10-11,18-22,24H2,1H3,(H,34,36)/t32-/m1/s1. The molecule has 5 rings (SSSR count). The summed E-state index contributed by atoms with van der Waals surface area (Å²) in [7, 11) is 0. The lowest BCUT2D eigenvalue weighted by Gasteiger charge is -2.32. The number of fused-ring (bicyclic) bond motifs is 1. The molecule has 36 heavy (non-hydrogen) atoms. The Hall–Kier alpha value is -2.91. The first kappa shape index (κ1) is 24.8. The Bertz CT molecular complexity index is 1130. The Kier molecular flexibility index (Phi) is 8.18. The minimum absolute atomic E-state index is 0.0212. The molecule has 3 aromatic carbocycles. The van der Waals surface area contributed by atoms with Gasteiger partial charge in [0.15, 0.2) is 0 Å². The predicted molar refractivity (Wildman–Crippen MR) is 148 cm³/mol. The molecule has 3 nitrogen and oxygen atoms in total. The van der Waals surface area contributed by atoms with Gasteiger partial charge in [0.2, 0.25) is 0 Å². The molecule has 188 valence electrons. The summed E-state index contributed by atoms with van der Waals surface area (Å²) in [5.74, 6) is 0.809. The molecule has 0 bridgehead atoms. The fourth-order valence-corrected chi connectivity index (χ4v) is 5.95. The molecule has 1 N–H and O–H groups in total. The molecule has 1 amide bonds. The van der Waals surface area contributed by atoms with E-state index in [0.29, 0.717) is 0 Å². The van der Waals surface area contributed by atoms with Crippen molar-refractivity contribution in [3.63, 3.8) is 0 Å². The molecular weight excluding hydrogens is 440 g/mol. The SMILES string of the molecule is CC[C@@H](NC(=O)c1ccc(CN2CCC(Cc3ccccc3)CC2)cc1)c1ccc2c(c1)CCCC2. The highest BCUT2D eigenvalue weighted by Crippen LogP contribution is 2.27.